The van der Waals surface area contributed by atoms with Gasteiger partial charge < -0.3 is 15.3 Å². The molecule has 0 unspecified atom stereocenters. The molecule has 3 aliphatic carbocycles. The molecule has 3 fully saturated rings. The summed E-state index contributed by atoms with van der Waals surface area (Å²) in [6.45, 7) is 1.87. The molecule has 0 atom stereocenters. The zero-order chi connectivity index (χ0) is 21.1. The highest BCUT2D eigenvalue weighted by atomic mass is 32.2. The van der Waals surface area contributed by atoms with Crippen molar-refractivity contribution in [2.75, 3.05) is 5.73 Å². The molecule has 0 amide bonds. The van der Waals surface area contributed by atoms with E-state index in [1.807, 2.05) is 6.92 Å². The first-order valence-electron chi connectivity index (χ1n) is 9.58. The Bertz CT molecular complexity index is 1230. The summed E-state index contributed by atoms with van der Waals surface area (Å²) in [7, 11) is -3.76. The zero-order valence-electron chi connectivity index (χ0n) is 16.3. The smallest absolute Gasteiger partial charge is 0.241 e. The van der Waals surface area contributed by atoms with E-state index < -0.39 is 21.2 Å². The van der Waals surface area contributed by atoms with E-state index in [2.05, 4.69) is 19.7 Å². The van der Waals surface area contributed by atoms with Gasteiger partial charge in [-0.15, -0.1) is 0 Å². The number of hydrogen-bond acceptors (Lipinski definition) is 8. The topological polar surface area (TPSA) is 144 Å². The van der Waals surface area contributed by atoms with Gasteiger partial charge >= 0.3 is 0 Å². The number of benzene rings is 1. The van der Waals surface area contributed by atoms with Crippen LogP contribution in [0, 0.1) is 6.92 Å². The first-order valence-corrected chi connectivity index (χ1v) is 11.1. The number of fused-ring (bicyclic) bond motifs is 1. The molecule has 3 aromatic rings. The number of sulfonamides is 1. The van der Waals surface area contributed by atoms with Crippen LogP contribution in [0.25, 0.3) is 22.7 Å². The van der Waals surface area contributed by atoms with Crippen LogP contribution in [0.5, 0.6) is 0 Å². The fourth-order valence-corrected chi connectivity index (χ4v) is 6.04. The van der Waals surface area contributed by atoms with Crippen LogP contribution in [0.15, 0.2) is 46.3 Å². The molecule has 30 heavy (non-hydrogen) atoms. The zero-order valence-corrected chi connectivity index (χ0v) is 17.1. The Hall–Kier alpha value is -2.82. The van der Waals surface area contributed by atoms with Crippen molar-refractivity contribution in [1.29, 1.82) is 0 Å². The van der Waals surface area contributed by atoms with Crippen molar-refractivity contribution in [1.82, 2.24) is 19.7 Å². The second-order valence-electron chi connectivity index (χ2n) is 8.30. The summed E-state index contributed by atoms with van der Waals surface area (Å²) in [5.41, 5.74) is 6.96. The van der Waals surface area contributed by atoms with Crippen molar-refractivity contribution >= 4 is 15.8 Å². The minimum atomic E-state index is -3.76. The highest BCUT2D eigenvalue weighted by molar-refractivity contribution is 7.89. The number of nitrogen functional groups attached to an aromatic ring is 1. The molecule has 0 aliphatic heterocycles. The first kappa shape index (κ1) is 19.2. The second-order valence-corrected chi connectivity index (χ2v) is 9.98. The summed E-state index contributed by atoms with van der Waals surface area (Å²) < 4.78 is 34.2. The lowest BCUT2D eigenvalue weighted by Crippen LogP contribution is -2.58. The fourth-order valence-electron chi connectivity index (χ4n) is 4.59. The molecular formula is C20H21N5O4S. The average Bonchev–Trinajstić information content (AvgIpc) is 3.37. The monoisotopic (exact) mass is 427 g/mol. The largest absolute Gasteiger partial charge is 0.442 e. The Morgan fingerprint density at radius 2 is 2.03 bits per heavy atom. The van der Waals surface area contributed by atoms with Crippen LogP contribution in [0.4, 0.5) is 5.82 Å². The molecule has 0 radical (unpaired) electrons. The van der Waals surface area contributed by atoms with E-state index in [-0.39, 0.29) is 10.7 Å². The summed E-state index contributed by atoms with van der Waals surface area (Å²) in [5, 5.41) is 10.2. The van der Waals surface area contributed by atoms with Crippen LogP contribution in [0.1, 0.15) is 31.2 Å². The minimum Gasteiger partial charge on any atom is -0.442 e. The third-order valence-electron chi connectivity index (χ3n) is 6.02. The molecular weight excluding hydrogens is 406 g/mol. The Morgan fingerprint density at radius 1 is 1.23 bits per heavy atom. The lowest BCUT2D eigenvalue weighted by Gasteiger charge is -2.44. The summed E-state index contributed by atoms with van der Waals surface area (Å²) in [5.74, 6) is 0.569. The first-order chi connectivity index (χ1) is 14.2. The molecule has 3 saturated carbocycles. The minimum absolute atomic E-state index is 0.139. The average molecular weight is 427 g/mol. The summed E-state index contributed by atoms with van der Waals surface area (Å²) in [4.78, 5) is 12.7. The number of hydrogen-bond donors (Lipinski definition) is 3. The molecule has 2 heterocycles. The van der Waals surface area contributed by atoms with Crippen LogP contribution in [0.3, 0.4) is 0 Å². The molecule has 0 saturated heterocycles. The van der Waals surface area contributed by atoms with Gasteiger partial charge in [-0.2, -0.15) is 0 Å². The van der Waals surface area contributed by atoms with Gasteiger partial charge in [0.2, 0.25) is 10.0 Å². The molecule has 2 aromatic heterocycles. The van der Waals surface area contributed by atoms with Gasteiger partial charge in [-0.05, 0) is 50.3 Å². The summed E-state index contributed by atoms with van der Waals surface area (Å²) >= 11 is 0. The van der Waals surface area contributed by atoms with Gasteiger partial charge in [0.25, 0.3) is 0 Å². The maximum Gasteiger partial charge on any atom is 0.241 e. The van der Waals surface area contributed by atoms with Crippen molar-refractivity contribution < 1.29 is 17.9 Å². The van der Waals surface area contributed by atoms with Gasteiger partial charge in [0.1, 0.15) is 0 Å². The van der Waals surface area contributed by atoms with E-state index in [9.17, 15) is 13.5 Å². The van der Waals surface area contributed by atoms with Gasteiger partial charge in [0.15, 0.2) is 23.7 Å². The van der Waals surface area contributed by atoms with Gasteiger partial charge in [-0.3, -0.25) is 0 Å². The standard InChI is InChI=1S/C20H21N5O4S/c1-12-2-3-13(30(27,28)25-19-4-5-20(26,9-19)10-19)6-14(12)15-7-23-18(21)17(24-15)16-8-22-11-29-16/h2-3,6-8,11,25-26H,4-5,9-10H2,1H3,(H2,21,23). The van der Waals surface area contributed by atoms with E-state index >= 15 is 0 Å². The number of rotatable bonds is 5. The van der Waals surface area contributed by atoms with E-state index in [0.717, 1.165) is 5.56 Å². The Labute approximate surface area is 173 Å². The van der Waals surface area contributed by atoms with E-state index in [1.54, 1.807) is 18.2 Å². The normalized spacial score (nSPS) is 25.3. The van der Waals surface area contributed by atoms with Crippen LogP contribution < -0.4 is 10.5 Å². The van der Waals surface area contributed by atoms with Gasteiger partial charge in [-0.25, -0.2) is 28.1 Å². The Morgan fingerprint density at radius 3 is 2.70 bits per heavy atom. The highest BCUT2D eigenvalue weighted by Crippen LogP contribution is 2.55. The third-order valence-corrected chi connectivity index (χ3v) is 7.59. The molecule has 10 heteroatoms. The fraction of sp³-hybridized carbons (Fsp3) is 0.350. The van der Waals surface area contributed by atoms with Gasteiger partial charge in [0, 0.05) is 11.1 Å². The molecule has 3 aliphatic rings. The Kier molecular flexibility index (Phi) is 4.05. The predicted octanol–water partition coefficient (Wildman–Crippen LogP) is 2.03. The molecule has 156 valence electrons. The van der Waals surface area contributed by atoms with Crippen molar-refractivity contribution in [2.24, 2.45) is 0 Å². The number of nitrogens with one attached hydrogen (secondary N) is 1. The Balaban J connectivity index is 1.51. The summed E-state index contributed by atoms with van der Waals surface area (Å²) in [6, 6.07) is 4.89. The van der Waals surface area contributed by atoms with Crippen LogP contribution in [-0.4, -0.2) is 39.6 Å². The number of nitrogens with zero attached hydrogens (tertiary/aromatic N) is 3. The summed E-state index contributed by atoms with van der Waals surface area (Å²) in [6.07, 6.45) is 6.46. The maximum atomic E-state index is 13.1. The van der Waals surface area contributed by atoms with E-state index in [0.29, 0.717) is 48.4 Å². The number of aryl methyl sites for hydroxylation is 1. The third kappa shape index (κ3) is 3.08. The van der Waals surface area contributed by atoms with Crippen molar-refractivity contribution in [3.63, 3.8) is 0 Å². The number of oxazole rings is 1. The van der Waals surface area contributed by atoms with E-state index in [1.165, 1.54) is 18.8 Å². The van der Waals surface area contributed by atoms with Crippen LogP contribution in [0.2, 0.25) is 0 Å². The van der Waals surface area contributed by atoms with E-state index in [4.69, 9.17) is 10.2 Å². The number of aliphatic hydroxyl groups is 1. The lowest BCUT2D eigenvalue weighted by atomic mass is 9.74. The molecule has 4 N–H and O–H groups in total. The van der Waals surface area contributed by atoms with Crippen molar-refractivity contribution in [2.45, 2.75) is 48.6 Å². The van der Waals surface area contributed by atoms with Gasteiger partial charge in [-0.1, -0.05) is 6.07 Å². The van der Waals surface area contributed by atoms with Crippen LogP contribution in [-0.2, 0) is 10.0 Å². The number of nitrogens with two attached hydrogens (primary N) is 1. The predicted molar refractivity (Wildman–Crippen MR) is 109 cm³/mol. The second kappa shape index (κ2) is 6.34. The highest BCUT2D eigenvalue weighted by Gasteiger charge is 2.61. The lowest BCUT2D eigenvalue weighted by molar-refractivity contribution is -0.0362. The van der Waals surface area contributed by atoms with Crippen LogP contribution >= 0.6 is 0 Å². The molecule has 0 spiro atoms. The molecule has 6 rings (SSSR count). The van der Waals surface area contributed by atoms with Crippen molar-refractivity contribution in [3.05, 3.63) is 42.5 Å². The number of anilines is 1. The molecule has 9 nitrogen and oxygen atoms in total. The number of aromatic nitrogens is 3. The quantitative estimate of drug-likeness (QED) is 0.561. The maximum absolute atomic E-state index is 13.1. The van der Waals surface area contributed by atoms with Crippen molar-refractivity contribution in [3.8, 4) is 22.7 Å². The SMILES string of the molecule is Cc1ccc(S(=O)(=O)NC23CCC(O)(C2)C3)cc1-c1cnc(N)c(-c2cnco2)n1. The molecule has 2 bridgehead atoms. The van der Waals surface area contributed by atoms with Gasteiger partial charge in [0.05, 0.1) is 28.6 Å². The molecule has 1 aromatic carbocycles.